The zero-order valence-corrected chi connectivity index (χ0v) is 39.5. The molecule has 4 aromatic carbocycles. The molecule has 2 unspecified atom stereocenters. The van der Waals surface area contributed by atoms with Crippen molar-refractivity contribution in [3.8, 4) is 0 Å². The van der Waals surface area contributed by atoms with Gasteiger partial charge in [0.1, 0.15) is 5.69 Å². The van der Waals surface area contributed by atoms with Crippen LogP contribution < -0.4 is 26.3 Å². The molecule has 4 aromatic heterocycles. The summed E-state index contributed by atoms with van der Waals surface area (Å²) < 4.78 is 5.25. The molecule has 342 valence electrons. The second-order valence-corrected chi connectivity index (χ2v) is 19.0. The van der Waals surface area contributed by atoms with E-state index in [9.17, 15) is 9.59 Å². The average Bonchev–Trinajstić information content (AvgIpc) is 4.12. The van der Waals surface area contributed by atoms with Crippen LogP contribution in [0.15, 0.2) is 122 Å². The van der Waals surface area contributed by atoms with Crippen molar-refractivity contribution in [1.29, 1.82) is 0 Å². The molecule has 12 heteroatoms. The van der Waals surface area contributed by atoms with Crippen molar-refractivity contribution in [1.82, 2.24) is 29.8 Å². The van der Waals surface area contributed by atoms with Crippen LogP contribution in [0.4, 0.5) is 11.4 Å². The number of aromatic amines is 1. The summed E-state index contributed by atoms with van der Waals surface area (Å²) in [5.74, 6) is -0.0724. The highest BCUT2D eigenvalue weighted by atomic mass is 32.1. The Morgan fingerprint density at radius 1 is 0.788 bits per heavy atom. The lowest BCUT2D eigenvalue weighted by atomic mass is 10.0. The highest BCUT2D eigenvalue weighted by Crippen LogP contribution is 2.30. The van der Waals surface area contributed by atoms with Crippen LogP contribution in [0.25, 0.3) is 42.8 Å². The highest BCUT2D eigenvalue weighted by Gasteiger charge is 2.22. The van der Waals surface area contributed by atoms with Crippen molar-refractivity contribution in [2.75, 3.05) is 62.0 Å². The number of H-pyrrole nitrogens is 1. The van der Waals surface area contributed by atoms with E-state index in [2.05, 4.69) is 157 Å². The number of hydrogen-bond acceptors (Lipinski definition) is 7. The molecule has 0 radical (unpaired) electrons. The van der Waals surface area contributed by atoms with E-state index in [-0.39, 0.29) is 23.9 Å². The third kappa shape index (κ3) is 10.00. The third-order valence-corrected chi connectivity index (χ3v) is 14.3. The summed E-state index contributed by atoms with van der Waals surface area (Å²) in [5.41, 5.74) is 12.2. The number of rotatable bonds is 19. The monoisotopic (exact) mass is 901 g/mol. The number of aryl methyl sites for hydroxylation is 1. The fourth-order valence-electron chi connectivity index (χ4n) is 9.49. The number of hydrogen-bond donors (Lipinski definition) is 5. The number of anilines is 2. The maximum absolute atomic E-state index is 14.0. The second kappa shape index (κ2) is 20.3. The Morgan fingerprint density at radius 3 is 2.39 bits per heavy atom. The molecular weight excluding hydrogens is 839 g/mol. The first-order valence-electron chi connectivity index (χ1n) is 23.7. The quantitative estimate of drug-likeness (QED) is 0.0408. The van der Waals surface area contributed by atoms with Crippen LogP contribution in [-0.2, 0) is 19.9 Å². The van der Waals surface area contributed by atoms with E-state index in [4.69, 9.17) is 0 Å². The van der Waals surface area contributed by atoms with Crippen molar-refractivity contribution in [3.05, 3.63) is 143 Å². The molecule has 2 amide bonds. The Morgan fingerprint density at radius 2 is 1.56 bits per heavy atom. The molecule has 0 spiro atoms. The van der Waals surface area contributed by atoms with Crippen molar-refractivity contribution in [3.63, 3.8) is 0 Å². The number of likely N-dealkylation sites (N-methyl/N-ethyl adjacent to an activating group) is 1. The first-order chi connectivity index (χ1) is 32.2. The van der Waals surface area contributed by atoms with Gasteiger partial charge in [0.2, 0.25) is 0 Å². The SMILES string of the molecule is C/C=C\CC(Cc1c[nH]c2ccccc12)NC(=O)c1cc2ccc(NCCNn3cc(CC(CCCC)NC(=O)c4cc5ccc(N6CCN(C)CC6)cc5n4C)c4ccccc43)cc2s1. The van der Waals surface area contributed by atoms with Gasteiger partial charge in [-0.2, -0.15) is 0 Å². The molecule has 0 aliphatic carbocycles. The normalized spacial score (nSPS) is 14.5. The fourth-order valence-corrected chi connectivity index (χ4v) is 10.5. The lowest BCUT2D eigenvalue weighted by Gasteiger charge is -2.34. The van der Waals surface area contributed by atoms with E-state index in [0.29, 0.717) is 23.7 Å². The fraction of sp³-hybridized carbons (Fsp3) is 0.333. The number of para-hydroxylation sites is 2. The van der Waals surface area contributed by atoms with Gasteiger partial charge in [0, 0.05) is 109 Å². The Balaban J connectivity index is 0.822. The van der Waals surface area contributed by atoms with Crippen LogP contribution in [0.1, 0.15) is 70.8 Å². The van der Waals surface area contributed by atoms with Gasteiger partial charge in [0.25, 0.3) is 11.8 Å². The number of amides is 2. The smallest absolute Gasteiger partial charge is 0.268 e. The lowest BCUT2D eigenvalue weighted by Crippen LogP contribution is -2.44. The van der Waals surface area contributed by atoms with Gasteiger partial charge in [-0.3, -0.25) is 14.3 Å². The predicted octanol–water partition coefficient (Wildman–Crippen LogP) is 10.1. The number of benzene rings is 4. The molecule has 11 nitrogen and oxygen atoms in total. The number of nitrogens with zero attached hydrogens (tertiary/aromatic N) is 4. The maximum Gasteiger partial charge on any atom is 0.268 e. The van der Waals surface area contributed by atoms with E-state index in [1.807, 2.05) is 38.2 Å². The third-order valence-electron chi connectivity index (χ3n) is 13.2. The summed E-state index contributed by atoms with van der Waals surface area (Å²) in [6, 6.07) is 33.7. The minimum Gasteiger partial charge on any atom is -0.383 e. The number of carbonyl (C=O) groups excluding carboxylic acids is 2. The molecule has 5 N–H and O–H groups in total. The molecule has 1 aliphatic rings. The summed E-state index contributed by atoms with van der Waals surface area (Å²) in [6.45, 7) is 9.72. The van der Waals surface area contributed by atoms with E-state index in [1.54, 1.807) is 0 Å². The minimum absolute atomic E-state index is 0.0130. The molecule has 66 heavy (non-hydrogen) atoms. The van der Waals surface area contributed by atoms with E-state index < -0.39 is 0 Å². The van der Waals surface area contributed by atoms with Crippen molar-refractivity contribution >= 4 is 77.3 Å². The van der Waals surface area contributed by atoms with Gasteiger partial charge in [0.15, 0.2) is 0 Å². The Kier molecular flexibility index (Phi) is 13.8. The number of nitrogens with one attached hydrogen (secondary N) is 5. The summed E-state index contributed by atoms with van der Waals surface area (Å²) in [4.78, 5) is 36.6. The number of thiophene rings is 1. The van der Waals surface area contributed by atoms with Gasteiger partial charge in [-0.15, -0.1) is 11.3 Å². The Labute approximate surface area is 391 Å². The molecule has 5 heterocycles. The topological polar surface area (TPSA) is 114 Å². The molecule has 1 aliphatic heterocycles. The highest BCUT2D eigenvalue weighted by molar-refractivity contribution is 7.20. The second-order valence-electron chi connectivity index (χ2n) is 17.9. The Bertz CT molecular complexity index is 2980. The number of fused-ring (bicyclic) bond motifs is 4. The molecule has 0 bridgehead atoms. The molecule has 8 aromatic rings. The zero-order chi connectivity index (χ0) is 45.6. The molecule has 0 saturated carbocycles. The van der Waals surface area contributed by atoms with Gasteiger partial charge in [-0.05, 0) is 105 Å². The summed E-state index contributed by atoms with van der Waals surface area (Å²) >= 11 is 1.53. The van der Waals surface area contributed by atoms with Crippen LogP contribution >= 0.6 is 11.3 Å². The van der Waals surface area contributed by atoms with E-state index in [1.165, 1.54) is 38.9 Å². The first-order valence-corrected chi connectivity index (χ1v) is 24.5. The van der Waals surface area contributed by atoms with Crippen molar-refractivity contribution in [2.24, 2.45) is 7.05 Å². The number of piperazine rings is 1. The first kappa shape index (κ1) is 44.7. The van der Waals surface area contributed by atoms with E-state index in [0.717, 1.165) is 102 Å². The van der Waals surface area contributed by atoms with Crippen LogP contribution in [0.2, 0.25) is 0 Å². The average molecular weight is 902 g/mol. The number of aromatic nitrogens is 3. The van der Waals surface area contributed by atoms with Crippen LogP contribution in [-0.4, -0.2) is 89.3 Å². The Hall–Kier alpha value is -6.50. The largest absolute Gasteiger partial charge is 0.383 e. The van der Waals surface area contributed by atoms with Gasteiger partial charge in [0.05, 0.1) is 15.9 Å². The minimum atomic E-state index is -0.0401. The van der Waals surface area contributed by atoms with Gasteiger partial charge in [-0.25, -0.2) is 0 Å². The standard InChI is InChI=1S/C54H63N9O2S/c1-5-7-13-42(29-39-35-56-47-17-11-9-15-45(39)47)59-54(65)52-32-38-19-21-41(33-51(38)66-52)55-23-24-57-63-36-40(46-16-10-12-18-48(46)63)30-43(14-8-6-2)58-53(64)50-31-37-20-22-44(34-49(37)61(50)4)62-27-25-60(3)26-28-62/h5,7,9-12,15-22,31-36,42-43,55-57H,6,8,13-14,23-30H2,1-4H3,(H,58,64)(H,59,65)/b7-5-. The number of allylic oxidation sites excluding steroid dienone is 1. The van der Waals surface area contributed by atoms with Crippen LogP contribution in [0.3, 0.4) is 0 Å². The number of carbonyl (C=O) groups is 2. The maximum atomic E-state index is 14.0. The van der Waals surface area contributed by atoms with E-state index >= 15 is 0 Å². The molecular formula is C54H63N9O2S. The zero-order valence-electron chi connectivity index (χ0n) is 38.7. The summed E-state index contributed by atoms with van der Waals surface area (Å²) in [7, 11) is 4.18. The van der Waals surface area contributed by atoms with Crippen LogP contribution in [0.5, 0.6) is 0 Å². The predicted molar refractivity (Wildman–Crippen MR) is 276 cm³/mol. The van der Waals surface area contributed by atoms with Gasteiger partial charge >= 0.3 is 0 Å². The van der Waals surface area contributed by atoms with Gasteiger partial charge in [-0.1, -0.05) is 80.4 Å². The molecule has 1 saturated heterocycles. The molecule has 1 fully saturated rings. The summed E-state index contributed by atoms with van der Waals surface area (Å²) in [6.07, 6.45) is 13.7. The van der Waals surface area contributed by atoms with Crippen molar-refractivity contribution < 1.29 is 9.59 Å². The molecule has 9 rings (SSSR count). The summed E-state index contributed by atoms with van der Waals surface area (Å²) in [5, 5.41) is 14.9. The van der Waals surface area contributed by atoms with Crippen molar-refractivity contribution in [2.45, 2.75) is 64.5 Å². The lowest BCUT2D eigenvalue weighted by molar-refractivity contribution is 0.0922. The number of unbranched alkanes of at least 4 members (excludes halogenated alkanes) is 1. The van der Waals surface area contributed by atoms with Gasteiger partial charge < -0.3 is 40.7 Å². The molecule has 2 atom stereocenters. The van der Waals surface area contributed by atoms with Crippen LogP contribution in [0, 0.1) is 0 Å².